The summed E-state index contributed by atoms with van der Waals surface area (Å²) in [7, 11) is 0. The van der Waals surface area contributed by atoms with Gasteiger partial charge in [-0.15, -0.1) is 5.10 Å². The Morgan fingerprint density at radius 3 is 1.52 bits per heavy atom. The number of rotatable bonds is 6. The van der Waals surface area contributed by atoms with Crippen molar-refractivity contribution in [3.8, 4) is 0 Å². The van der Waals surface area contributed by atoms with Gasteiger partial charge in [0.15, 0.2) is 0 Å². The Morgan fingerprint density at radius 2 is 1.00 bits per heavy atom. The highest BCUT2D eigenvalue weighted by molar-refractivity contribution is 6.16. The summed E-state index contributed by atoms with van der Waals surface area (Å²) >= 11 is 0. The largest absolute Gasteiger partial charge is 0.446 e. The minimum Gasteiger partial charge on any atom is -0.446 e. The maximum absolute atomic E-state index is 13.7. The first-order chi connectivity index (χ1) is 31.9. The summed E-state index contributed by atoms with van der Waals surface area (Å²) in [5, 5.41) is 18.4. The molecular formula is C50H28N10O5. The van der Waals surface area contributed by atoms with Gasteiger partial charge in [0.25, 0.3) is 11.1 Å². The molecule has 0 saturated heterocycles. The van der Waals surface area contributed by atoms with Crippen LogP contribution in [0.5, 0.6) is 0 Å². The van der Waals surface area contributed by atoms with Crippen LogP contribution in [-0.2, 0) is 4.74 Å². The summed E-state index contributed by atoms with van der Waals surface area (Å²) in [5.41, 5.74) is 14.4. The first kappa shape index (κ1) is 36.3. The van der Waals surface area contributed by atoms with Crippen molar-refractivity contribution in [2.75, 3.05) is 10.9 Å². The third-order valence-electron chi connectivity index (χ3n) is 12.1. The first-order valence-corrected chi connectivity index (χ1v) is 20.6. The lowest BCUT2D eigenvalue weighted by molar-refractivity contribution is 0.192. The van der Waals surface area contributed by atoms with Gasteiger partial charge in [-0.3, -0.25) is 44.3 Å². The number of nitrogens with one attached hydrogen (secondary N) is 3. The van der Waals surface area contributed by atoms with Crippen LogP contribution >= 0.6 is 0 Å². The van der Waals surface area contributed by atoms with Crippen LogP contribution < -0.4 is 49.0 Å². The van der Waals surface area contributed by atoms with Crippen molar-refractivity contribution in [2.45, 2.75) is 6.23 Å². The molecule has 4 aromatic heterocycles. The smallest absolute Gasteiger partial charge is 0.264 e. The van der Waals surface area contributed by atoms with Gasteiger partial charge in [-0.1, -0.05) is 60.7 Å². The fourth-order valence-corrected chi connectivity index (χ4v) is 9.11. The molecule has 1 atom stereocenters. The van der Waals surface area contributed by atoms with Crippen LogP contribution in [-0.4, -0.2) is 24.7 Å². The summed E-state index contributed by atoms with van der Waals surface area (Å²) in [6, 6.07) is 43.1. The van der Waals surface area contributed by atoms with E-state index in [4.69, 9.17) is 14.7 Å². The number of pyridine rings is 2. The zero-order valence-corrected chi connectivity index (χ0v) is 33.6. The predicted molar refractivity (Wildman–Crippen MR) is 250 cm³/mol. The van der Waals surface area contributed by atoms with Crippen LogP contribution in [0.3, 0.4) is 0 Å². The third-order valence-corrected chi connectivity index (χ3v) is 12.1. The topological polar surface area (TPSA) is 185 Å². The summed E-state index contributed by atoms with van der Waals surface area (Å²) in [6.45, 7) is 0. The Morgan fingerprint density at radius 1 is 0.523 bits per heavy atom. The van der Waals surface area contributed by atoms with Crippen LogP contribution in [0.1, 0.15) is 17.4 Å². The molecule has 1 aliphatic heterocycles. The van der Waals surface area contributed by atoms with Gasteiger partial charge in [0.05, 0.1) is 33.4 Å². The molecule has 0 radical (unpaired) electrons. The highest BCUT2D eigenvalue weighted by atomic mass is 16.5. The number of hydrogen-bond donors (Lipinski definition) is 3. The third kappa shape index (κ3) is 5.39. The van der Waals surface area contributed by atoms with Crippen molar-refractivity contribution in [3.05, 3.63) is 209 Å². The SMILES string of the molecule is O=c1cc2c3c(cccc3c(=O)n3c4ccccc4nc23)c1=NNc1ccc(C2=NNC(c3ccc(NN=c4c(=O)cc5c6c4cccc6c(=O)n4c6ccccc6nc54)cc3)O2)cc1. The molecule has 0 aliphatic carbocycles. The van der Waals surface area contributed by atoms with Gasteiger partial charge in [-0.25, -0.2) is 9.97 Å². The summed E-state index contributed by atoms with van der Waals surface area (Å²) in [6.07, 6.45) is -0.564. The van der Waals surface area contributed by atoms with Crippen molar-refractivity contribution < 1.29 is 4.74 Å². The second-order valence-electron chi connectivity index (χ2n) is 15.8. The van der Waals surface area contributed by atoms with Crippen LogP contribution in [0.2, 0.25) is 0 Å². The lowest BCUT2D eigenvalue weighted by Gasteiger charge is -2.12. The van der Waals surface area contributed by atoms with Crippen molar-refractivity contribution in [3.63, 3.8) is 0 Å². The molecule has 0 spiro atoms. The number of nitrogens with zero attached hydrogens (tertiary/aromatic N) is 7. The van der Waals surface area contributed by atoms with Crippen LogP contribution in [0, 0.1) is 0 Å². The number of anilines is 2. The number of fused-ring (bicyclic) bond motifs is 8. The second kappa shape index (κ2) is 13.6. The number of ether oxygens (including phenoxy) is 1. The molecule has 65 heavy (non-hydrogen) atoms. The van der Waals surface area contributed by atoms with Gasteiger partial charge in [-0.2, -0.15) is 10.2 Å². The Labute approximate surface area is 362 Å². The standard InChI is InChI=1S/C50H28N10O5/c61-39-23-33-41-29(7-5-9-31(41)49(63)59-37-13-3-1-11-35(37)51-45(33)59)43(39)55-53-27-19-15-25(16-20-27)47-57-58-48(65-47)26-17-21-28(22-18-26)54-56-44-30-8-6-10-32-42(30)34(24-40(44)62)46-52-36-12-2-4-14-38(36)60(46)50(32)64/h1-24,47,53-54,57H. The molecule has 15 heteroatoms. The minimum atomic E-state index is -0.564. The van der Waals surface area contributed by atoms with Gasteiger partial charge in [0, 0.05) is 54.2 Å². The molecule has 0 bridgehead atoms. The fourth-order valence-electron chi connectivity index (χ4n) is 9.11. The van der Waals surface area contributed by atoms with E-state index in [1.807, 2.05) is 84.9 Å². The van der Waals surface area contributed by atoms with E-state index in [-0.39, 0.29) is 32.7 Å². The number of hydrogen-bond acceptors (Lipinski definition) is 13. The molecule has 1 aliphatic rings. The molecule has 13 rings (SSSR count). The number of imidazole rings is 2. The maximum atomic E-state index is 13.7. The van der Waals surface area contributed by atoms with Crippen molar-refractivity contribution in [1.82, 2.24) is 24.2 Å². The van der Waals surface area contributed by atoms with E-state index in [1.165, 1.54) is 12.1 Å². The van der Waals surface area contributed by atoms with Crippen LogP contribution in [0.4, 0.5) is 11.4 Å². The lowest BCUT2D eigenvalue weighted by Crippen LogP contribution is -2.27. The molecule has 1 unspecified atom stereocenters. The van der Waals surface area contributed by atoms with Gasteiger partial charge >= 0.3 is 0 Å². The van der Waals surface area contributed by atoms with E-state index in [0.717, 1.165) is 5.56 Å². The van der Waals surface area contributed by atoms with Crippen molar-refractivity contribution in [1.29, 1.82) is 0 Å². The Balaban J connectivity index is 0.731. The fraction of sp³-hybridized carbons (Fsp3) is 0.0200. The summed E-state index contributed by atoms with van der Waals surface area (Å²) < 4.78 is 9.32. The van der Waals surface area contributed by atoms with E-state index in [0.29, 0.717) is 99.3 Å². The molecule has 12 aromatic rings. The molecule has 0 saturated carbocycles. The average molecular weight is 849 g/mol. The number of hydrazone groups is 1. The van der Waals surface area contributed by atoms with Gasteiger partial charge in [0.2, 0.25) is 23.0 Å². The normalized spacial score (nSPS) is 14.8. The molecular weight excluding hydrogens is 821 g/mol. The molecule has 15 nitrogen and oxygen atoms in total. The number of aromatic nitrogens is 4. The van der Waals surface area contributed by atoms with Crippen LogP contribution in [0.25, 0.3) is 76.5 Å². The molecule has 8 aromatic carbocycles. The predicted octanol–water partition coefficient (Wildman–Crippen LogP) is 5.93. The van der Waals surface area contributed by atoms with E-state index in [2.05, 4.69) is 31.6 Å². The minimum absolute atomic E-state index is 0.185. The lowest BCUT2D eigenvalue weighted by atomic mass is 10.0. The van der Waals surface area contributed by atoms with E-state index in [9.17, 15) is 19.2 Å². The molecule has 5 heterocycles. The van der Waals surface area contributed by atoms with Gasteiger partial charge in [-0.05, 0) is 84.9 Å². The Kier molecular flexibility index (Phi) is 7.57. The van der Waals surface area contributed by atoms with Crippen LogP contribution in [0.15, 0.2) is 180 Å². The zero-order valence-electron chi connectivity index (χ0n) is 33.6. The zero-order chi connectivity index (χ0) is 43.5. The highest BCUT2D eigenvalue weighted by Gasteiger charge is 2.23. The number of benzene rings is 8. The monoisotopic (exact) mass is 848 g/mol. The Bertz CT molecular complexity index is 4410. The van der Waals surface area contributed by atoms with E-state index >= 15 is 0 Å². The van der Waals surface area contributed by atoms with E-state index < -0.39 is 6.23 Å². The molecule has 0 amide bonds. The highest BCUT2D eigenvalue weighted by Crippen LogP contribution is 2.29. The Hall–Kier alpha value is -9.37. The van der Waals surface area contributed by atoms with Crippen molar-refractivity contribution >= 4 is 93.7 Å². The molecule has 0 fully saturated rings. The number of para-hydroxylation sites is 4. The maximum Gasteiger partial charge on any atom is 0.264 e. The van der Waals surface area contributed by atoms with E-state index in [1.54, 1.807) is 57.3 Å². The summed E-state index contributed by atoms with van der Waals surface area (Å²) in [4.78, 5) is 64.1. The van der Waals surface area contributed by atoms with Crippen molar-refractivity contribution in [2.24, 2.45) is 15.3 Å². The quantitative estimate of drug-likeness (QED) is 0.170. The van der Waals surface area contributed by atoms with Gasteiger partial charge < -0.3 is 4.74 Å². The average Bonchev–Trinajstić information content (AvgIpc) is 4.09. The second-order valence-corrected chi connectivity index (χ2v) is 15.8. The first-order valence-electron chi connectivity index (χ1n) is 20.6. The van der Waals surface area contributed by atoms with Gasteiger partial charge in [0.1, 0.15) is 22.0 Å². The summed E-state index contributed by atoms with van der Waals surface area (Å²) in [5.74, 6) is 0.386. The molecule has 3 N–H and O–H groups in total. The molecule has 308 valence electrons.